The fourth-order valence-corrected chi connectivity index (χ4v) is 5.23. The summed E-state index contributed by atoms with van der Waals surface area (Å²) in [5.41, 5.74) is 2.48. The minimum Gasteiger partial charge on any atom is -0.328 e. The van der Waals surface area contributed by atoms with Crippen LogP contribution in [0.4, 0.5) is 4.39 Å². The summed E-state index contributed by atoms with van der Waals surface area (Å²) in [6, 6.07) is 11.7. The van der Waals surface area contributed by atoms with E-state index in [1.807, 2.05) is 18.2 Å². The van der Waals surface area contributed by atoms with E-state index in [0.29, 0.717) is 6.04 Å². The second-order valence-electron chi connectivity index (χ2n) is 6.91. The van der Waals surface area contributed by atoms with Gasteiger partial charge in [-0.2, -0.15) is 0 Å². The number of likely N-dealkylation sites (N-methyl/N-ethyl adjacent to an activating group) is 1. The van der Waals surface area contributed by atoms with Gasteiger partial charge in [-0.05, 0) is 35.9 Å². The Kier molecular flexibility index (Phi) is 4.56. The van der Waals surface area contributed by atoms with Crippen LogP contribution >= 0.6 is 23.4 Å². The van der Waals surface area contributed by atoms with Gasteiger partial charge < -0.3 is 9.80 Å². The first-order valence-electron chi connectivity index (χ1n) is 8.52. The quantitative estimate of drug-likeness (QED) is 0.782. The lowest BCUT2D eigenvalue weighted by Gasteiger charge is -2.33. The minimum absolute atomic E-state index is 0.137. The summed E-state index contributed by atoms with van der Waals surface area (Å²) in [5, 5.41) is 0.763. The summed E-state index contributed by atoms with van der Waals surface area (Å²) in [6.07, 6.45) is 0.949. The summed E-state index contributed by atoms with van der Waals surface area (Å²) < 4.78 is 14.0. The van der Waals surface area contributed by atoms with Crippen LogP contribution in [-0.2, 0) is 6.42 Å². The summed E-state index contributed by atoms with van der Waals surface area (Å²) in [5.74, 6) is -0.137. The second-order valence-corrected chi connectivity index (χ2v) is 8.43. The van der Waals surface area contributed by atoms with Crippen molar-refractivity contribution in [3.8, 4) is 0 Å². The summed E-state index contributed by atoms with van der Waals surface area (Å²) in [6.45, 7) is 4.63. The van der Waals surface area contributed by atoms with Crippen molar-refractivity contribution in [1.82, 2.24) is 0 Å². The normalized spacial score (nSPS) is 26.4. The molecule has 0 amide bonds. The van der Waals surface area contributed by atoms with Gasteiger partial charge in [-0.1, -0.05) is 29.4 Å². The largest absolute Gasteiger partial charge is 0.328 e. The molecule has 24 heavy (non-hydrogen) atoms. The molecule has 0 spiro atoms. The first-order chi connectivity index (χ1) is 11.6. The number of quaternary nitrogens is 2. The standard InChI is InChI=1S/C19H20ClFN2S/c1-22-6-8-23(9-7-22)17-10-13-2-3-14(20)11-19(13)24-18-5-4-15(21)12-16(17)18/h2-5,11-12,17H,6-10H2,1H3/p+2/t17-/m1/s1. The first kappa shape index (κ1) is 16.4. The fourth-order valence-electron chi connectivity index (χ4n) is 3.84. The molecule has 2 aliphatic heterocycles. The van der Waals surface area contributed by atoms with Crippen LogP contribution in [-0.4, -0.2) is 33.2 Å². The third-order valence-corrected chi connectivity index (χ3v) is 6.69. The average molecular weight is 365 g/mol. The zero-order valence-electron chi connectivity index (χ0n) is 13.7. The van der Waals surface area contributed by atoms with Crippen molar-refractivity contribution < 1.29 is 14.2 Å². The molecule has 1 saturated heterocycles. The van der Waals surface area contributed by atoms with E-state index in [4.69, 9.17) is 11.6 Å². The number of nitrogens with one attached hydrogen (secondary N) is 2. The first-order valence-corrected chi connectivity index (χ1v) is 9.71. The SMILES string of the molecule is C[NH+]1CC[NH+]([C@@H]2Cc3ccc(Cl)cc3Sc3ccc(F)cc32)CC1. The maximum Gasteiger partial charge on any atom is 0.127 e. The van der Waals surface area contributed by atoms with Gasteiger partial charge >= 0.3 is 0 Å². The highest BCUT2D eigenvalue weighted by Gasteiger charge is 2.33. The smallest absolute Gasteiger partial charge is 0.127 e. The number of hydrogen-bond acceptors (Lipinski definition) is 1. The number of piperazine rings is 1. The Morgan fingerprint density at radius 3 is 2.62 bits per heavy atom. The van der Waals surface area contributed by atoms with Crippen molar-refractivity contribution in [2.75, 3.05) is 33.2 Å². The van der Waals surface area contributed by atoms with E-state index < -0.39 is 0 Å². The lowest BCUT2D eigenvalue weighted by atomic mass is 9.96. The molecule has 1 atom stereocenters. The van der Waals surface area contributed by atoms with E-state index in [1.165, 1.54) is 28.4 Å². The lowest BCUT2D eigenvalue weighted by Crippen LogP contribution is -3.27. The van der Waals surface area contributed by atoms with Crippen molar-refractivity contribution in [3.63, 3.8) is 0 Å². The maximum absolute atomic E-state index is 14.0. The topological polar surface area (TPSA) is 8.88 Å². The molecule has 0 saturated carbocycles. The van der Waals surface area contributed by atoms with E-state index >= 15 is 0 Å². The highest BCUT2D eigenvalue weighted by Crippen LogP contribution is 2.41. The van der Waals surface area contributed by atoms with Gasteiger partial charge in [0, 0.05) is 26.8 Å². The summed E-state index contributed by atoms with van der Waals surface area (Å²) >= 11 is 7.93. The Balaban J connectivity index is 1.77. The Labute approximate surface area is 151 Å². The Morgan fingerprint density at radius 2 is 1.83 bits per heavy atom. The zero-order chi connectivity index (χ0) is 16.7. The lowest BCUT2D eigenvalue weighted by molar-refractivity contribution is -1.02. The van der Waals surface area contributed by atoms with Gasteiger partial charge in [0.25, 0.3) is 0 Å². The molecular formula is C19H22ClFN2S+2. The molecule has 0 unspecified atom stereocenters. The van der Waals surface area contributed by atoms with Crippen LogP contribution in [0.1, 0.15) is 17.2 Å². The molecule has 1 fully saturated rings. The molecule has 0 radical (unpaired) electrons. The molecule has 126 valence electrons. The van der Waals surface area contributed by atoms with E-state index in [1.54, 1.807) is 33.7 Å². The monoisotopic (exact) mass is 364 g/mol. The van der Waals surface area contributed by atoms with Crippen LogP contribution < -0.4 is 9.80 Å². The highest BCUT2D eigenvalue weighted by molar-refractivity contribution is 7.99. The number of halogens is 2. The van der Waals surface area contributed by atoms with Gasteiger partial charge in [0.15, 0.2) is 0 Å². The Morgan fingerprint density at radius 1 is 1.04 bits per heavy atom. The van der Waals surface area contributed by atoms with Crippen molar-refractivity contribution in [2.45, 2.75) is 22.3 Å². The third kappa shape index (κ3) is 3.21. The number of rotatable bonds is 1. The third-order valence-electron chi connectivity index (χ3n) is 5.26. The highest BCUT2D eigenvalue weighted by atomic mass is 35.5. The van der Waals surface area contributed by atoms with Crippen LogP contribution in [0.2, 0.25) is 5.02 Å². The van der Waals surface area contributed by atoms with Gasteiger partial charge in [0.05, 0.1) is 7.05 Å². The van der Waals surface area contributed by atoms with Gasteiger partial charge in [-0.25, -0.2) is 4.39 Å². The van der Waals surface area contributed by atoms with Crippen molar-refractivity contribution in [2.24, 2.45) is 0 Å². The predicted molar refractivity (Wildman–Crippen MR) is 95.7 cm³/mol. The van der Waals surface area contributed by atoms with Gasteiger partial charge in [-0.3, -0.25) is 0 Å². The van der Waals surface area contributed by atoms with Gasteiger partial charge in [0.1, 0.15) is 38.0 Å². The molecule has 2 nitrogen and oxygen atoms in total. The van der Waals surface area contributed by atoms with Crippen LogP contribution in [0, 0.1) is 5.82 Å². The van der Waals surface area contributed by atoms with E-state index in [9.17, 15) is 4.39 Å². The second kappa shape index (κ2) is 6.68. The summed E-state index contributed by atoms with van der Waals surface area (Å²) in [7, 11) is 2.25. The van der Waals surface area contributed by atoms with E-state index in [-0.39, 0.29) is 5.82 Å². The molecule has 4 rings (SSSR count). The number of hydrogen-bond donors (Lipinski definition) is 2. The molecule has 0 bridgehead atoms. The molecule has 2 aromatic carbocycles. The molecule has 5 heteroatoms. The van der Waals surface area contributed by atoms with Crippen molar-refractivity contribution in [1.29, 1.82) is 0 Å². The number of benzene rings is 2. The van der Waals surface area contributed by atoms with Crippen LogP contribution in [0.5, 0.6) is 0 Å². The predicted octanol–water partition coefficient (Wildman–Crippen LogP) is 1.64. The zero-order valence-corrected chi connectivity index (χ0v) is 15.3. The molecule has 0 aliphatic carbocycles. The van der Waals surface area contributed by atoms with Crippen molar-refractivity contribution in [3.05, 3.63) is 58.4 Å². The molecule has 0 aromatic heterocycles. The van der Waals surface area contributed by atoms with E-state index in [2.05, 4.69) is 13.1 Å². The fraction of sp³-hybridized carbons (Fsp3) is 0.368. The molecule has 2 aliphatic rings. The maximum atomic E-state index is 14.0. The van der Waals surface area contributed by atoms with Crippen LogP contribution in [0.3, 0.4) is 0 Å². The molecule has 2 N–H and O–H groups in total. The summed E-state index contributed by atoms with van der Waals surface area (Å²) in [4.78, 5) is 5.54. The molecule has 2 heterocycles. The van der Waals surface area contributed by atoms with Gasteiger partial charge in [0.2, 0.25) is 0 Å². The Hall–Kier alpha value is -1.07. The molecule has 2 aromatic rings. The number of fused-ring (bicyclic) bond motifs is 2. The van der Waals surface area contributed by atoms with Crippen LogP contribution in [0.25, 0.3) is 0 Å². The van der Waals surface area contributed by atoms with Gasteiger partial charge in [-0.15, -0.1) is 0 Å². The van der Waals surface area contributed by atoms with E-state index in [0.717, 1.165) is 30.1 Å². The molecular weight excluding hydrogens is 343 g/mol. The Bertz CT molecular complexity index is 759. The van der Waals surface area contributed by atoms with Crippen LogP contribution in [0.15, 0.2) is 46.2 Å². The van der Waals surface area contributed by atoms with Crippen molar-refractivity contribution >= 4 is 23.4 Å². The minimum atomic E-state index is -0.137. The average Bonchev–Trinajstić information content (AvgIpc) is 2.72.